The minimum Gasteiger partial charge on any atom is -0.298 e. The number of benzene rings is 3. The summed E-state index contributed by atoms with van der Waals surface area (Å²) in [6.07, 6.45) is 0.772. The van der Waals surface area contributed by atoms with E-state index < -0.39 is 10.8 Å². The quantitative estimate of drug-likeness (QED) is 0.681. The van der Waals surface area contributed by atoms with E-state index in [-0.39, 0.29) is 0 Å². The van der Waals surface area contributed by atoms with Crippen LogP contribution in [0.2, 0.25) is 0 Å². The fourth-order valence-corrected chi connectivity index (χ4v) is 3.67. The standard InChI is InChI=1S/C18H14O2S/c1-13-6-10-16(11-7-13)21(20)18-15(12-19)9-8-14-4-2-3-5-17(14)18/h2-12H,1H3. The number of aryl methyl sites for hydroxylation is 1. The number of carbonyl (C=O) groups is 1. The summed E-state index contributed by atoms with van der Waals surface area (Å²) in [6.45, 7) is 1.99. The van der Waals surface area contributed by atoms with Crippen LogP contribution in [0.3, 0.4) is 0 Å². The first-order valence-corrected chi connectivity index (χ1v) is 7.81. The van der Waals surface area contributed by atoms with Crippen LogP contribution in [0.5, 0.6) is 0 Å². The third-order valence-corrected chi connectivity index (χ3v) is 4.98. The Morgan fingerprint density at radius 3 is 2.33 bits per heavy atom. The Balaban J connectivity index is 2.25. The van der Waals surface area contributed by atoms with Gasteiger partial charge in [0.2, 0.25) is 0 Å². The number of hydrogen-bond acceptors (Lipinski definition) is 2. The lowest BCUT2D eigenvalue weighted by Crippen LogP contribution is -1.99. The molecule has 0 aliphatic rings. The highest BCUT2D eigenvalue weighted by molar-refractivity contribution is 7.85. The molecule has 0 aromatic heterocycles. The topological polar surface area (TPSA) is 34.1 Å². The van der Waals surface area contributed by atoms with Crippen molar-refractivity contribution >= 4 is 27.9 Å². The van der Waals surface area contributed by atoms with Crippen molar-refractivity contribution < 1.29 is 9.00 Å². The molecule has 0 fully saturated rings. The zero-order valence-electron chi connectivity index (χ0n) is 11.6. The van der Waals surface area contributed by atoms with Gasteiger partial charge in [-0.3, -0.25) is 4.79 Å². The van der Waals surface area contributed by atoms with Gasteiger partial charge in [-0.15, -0.1) is 0 Å². The van der Waals surface area contributed by atoms with Crippen LogP contribution in [0.4, 0.5) is 0 Å². The predicted molar refractivity (Wildman–Crippen MR) is 85.2 cm³/mol. The molecule has 104 valence electrons. The van der Waals surface area contributed by atoms with Crippen molar-refractivity contribution in [2.45, 2.75) is 16.7 Å². The van der Waals surface area contributed by atoms with Crippen molar-refractivity contribution in [2.75, 3.05) is 0 Å². The number of rotatable bonds is 3. The molecule has 3 aromatic carbocycles. The van der Waals surface area contributed by atoms with Crippen LogP contribution in [0.25, 0.3) is 10.8 Å². The molecule has 3 rings (SSSR count). The highest BCUT2D eigenvalue weighted by Gasteiger charge is 2.15. The van der Waals surface area contributed by atoms with E-state index in [0.717, 1.165) is 22.6 Å². The average Bonchev–Trinajstić information content (AvgIpc) is 2.53. The van der Waals surface area contributed by atoms with E-state index in [2.05, 4.69) is 0 Å². The zero-order chi connectivity index (χ0) is 14.8. The third-order valence-electron chi connectivity index (χ3n) is 3.46. The zero-order valence-corrected chi connectivity index (χ0v) is 12.4. The van der Waals surface area contributed by atoms with Crippen LogP contribution in [0.1, 0.15) is 15.9 Å². The first-order valence-electron chi connectivity index (χ1n) is 6.66. The molecule has 1 atom stereocenters. The number of carbonyl (C=O) groups excluding carboxylic acids is 1. The van der Waals surface area contributed by atoms with Crippen LogP contribution in [0, 0.1) is 6.92 Å². The predicted octanol–water partition coefficient (Wildman–Crippen LogP) is 4.13. The summed E-state index contributed by atoms with van der Waals surface area (Å²) in [7, 11) is -1.37. The van der Waals surface area contributed by atoms with Gasteiger partial charge in [0.05, 0.1) is 15.7 Å². The smallest absolute Gasteiger partial charge is 0.151 e. The molecule has 0 amide bonds. The van der Waals surface area contributed by atoms with E-state index in [1.807, 2.05) is 61.5 Å². The van der Waals surface area contributed by atoms with Crippen molar-refractivity contribution in [1.82, 2.24) is 0 Å². The van der Waals surface area contributed by atoms with E-state index in [9.17, 15) is 9.00 Å². The molecule has 0 aliphatic carbocycles. The summed E-state index contributed by atoms with van der Waals surface area (Å²) in [5.41, 5.74) is 1.59. The third kappa shape index (κ3) is 2.52. The molecule has 1 unspecified atom stereocenters. The average molecular weight is 294 g/mol. The van der Waals surface area contributed by atoms with E-state index in [1.54, 1.807) is 6.07 Å². The molecule has 2 nitrogen and oxygen atoms in total. The fourth-order valence-electron chi connectivity index (χ4n) is 2.34. The highest BCUT2D eigenvalue weighted by Crippen LogP contribution is 2.28. The van der Waals surface area contributed by atoms with Gasteiger partial charge in [-0.2, -0.15) is 0 Å². The van der Waals surface area contributed by atoms with Gasteiger partial charge in [0.1, 0.15) is 0 Å². The molecule has 0 heterocycles. The lowest BCUT2D eigenvalue weighted by atomic mass is 10.1. The van der Waals surface area contributed by atoms with Gasteiger partial charge in [0, 0.05) is 10.5 Å². The van der Waals surface area contributed by atoms with Gasteiger partial charge >= 0.3 is 0 Å². The van der Waals surface area contributed by atoms with Crippen LogP contribution in [-0.4, -0.2) is 10.5 Å². The second-order valence-electron chi connectivity index (χ2n) is 4.90. The minimum absolute atomic E-state index is 0.479. The lowest BCUT2D eigenvalue weighted by molar-refractivity contribution is 0.112. The number of fused-ring (bicyclic) bond motifs is 1. The van der Waals surface area contributed by atoms with Crippen LogP contribution < -0.4 is 0 Å². The number of aldehydes is 1. The largest absolute Gasteiger partial charge is 0.298 e. The molecule has 0 saturated carbocycles. The monoisotopic (exact) mass is 294 g/mol. The van der Waals surface area contributed by atoms with Crippen LogP contribution in [0.15, 0.2) is 70.5 Å². The summed E-state index contributed by atoms with van der Waals surface area (Å²) in [5, 5.41) is 1.85. The van der Waals surface area contributed by atoms with E-state index >= 15 is 0 Å². The van der Waals surface area contributed by atoms with Gasteiger partial charge in [-0.25, -0.2) is 4.21 Å². The summed E-state index contributed by atoms with van der Waals surface area (Å²) >= 11 is 0. The Hall–Kier alpha value is -2.26. The van der Waals surface area contributed by atoms with Gasteiger partial charge in [-0.1, -0.05) is 48.0 Å². The molecule has 0 radical (unpaired) electrons. The first kappa shape index (κ1) is 13.7. The molecular formula is C18H14O2S. The van der Waals surface area contributed by atoms with E-state index in [1.165, 1.54) is 0 Å². The Kier molecular flexibility index (Phi) is 3.67. The lowest BCUT2D eigenvalue weighted by Gasteiger charge is -2.10. The summed E-state index contributed by atoms with van der Waals surface area (Å²) in [5.74, 6) is 0. The highest BCUT2D eigenvalue weighted by atomic mass is 32.2. The summed E-state index contributed by atoms with van der Waals surface area (Å²) in [4.78, 5) is 12.6. The van der Waals surface area contributed by atoms with Gasteiger partial charge < -0.3 is 0 Å². The molecule has 0 saturated heterocycles. The molecule has 0 bridgehead atoms. The van der Waals surface area contributed by atoms with Crippen LogP contribution in [-0.2, 0) is 10.8 Å². The maximum absolute atomic E-state index is 12.9. The second-order valence-corrected chi connectivity index (χ2v) is 6.32. The summed E-state index contributed by atoms with van der Waals surface area (Å²) in [6, 6.07) is 18.9. The van der Waals surface area contributed by atoms with E-state index in [4.69, 9.17) is 0 Å². The number of hydrogen-bond donors (Lipinski definition) is 0. The fraction of sp³-hybridized carbons (Fsp3) is 0.0556. The Bertz CT molecular complexity index is 835. The molecule has 3 heteroatoms. The normalized spacial score (nSPS) is 12.2. The Morgan fingerprint density at radius 2 is 1.62 bits per heavy atom. The molecule has 0 N–H and O–H groups in total. The molecule has 0 aliphatic heterocycles. The SMILES string of the molecule is Cc1ccc(S(=O)c2c(C=O)ccc3ccccc23)cc1. The van der Waals surface area contributed by atoms with Gasteiger partial charge in [0.15, 0.2) is 6.29 Å². The van der Waals surface area contributed by atoms with Crippen molar-refractivity contribution in [1.29, 1.82) is 0 Å². The Labute approximate surface area is 125 Å². The van der Waals surface area contributed by atoms with Crippen molar-refractivity contribution in [3.63, 3.8) is 0 Å². The molecule has 0 spiro atoms. The van der Waals surface area contributed by atoms with E-state index in [0.29, 0.717) is 15.4 Å². The van der Waals surface area contributed by atoms with Crippen molar-refractivity contribution in [2.24, 2.45) is 0 Å². The maximum atomic E-state index is 12.9. The van der Waals surface area contributed by atoms with Gasteiger partial charge in [0.25, 0.3) is 0 Å². The Morgan fingerprint density at radius 1 is 0.905 bits per heavy atom. The first-order chi connectivity index (χ1) is 10.2. The second kappa shape index (κ2) is 5.62. The van der Waals surface area contributed by atoms with Gasteiger partial charge in [-0.05, 0) is 35.9 Å². The maximum Gasteiger partial charge on any atom is 0.151 e. The van der Waals surface area contributed by atoms with Crippen molar-refractivity contribution in [3.8, 4) is 0 Å². The molecule has 3 aromatic rings. The van der Waals surface area contributed by atoms with Crippen LogP contribution >= 0.6 is 0 Å². The van der Waals surface area contributed by atoms with Crippen molar-refractivity contribution in [3.05, 3.63) is 71.8 Å². The molecule has 21 heavy (non-hydrogen) atoms. The summed E-state index contributed by atoms with van der Waals surface area (Å²) < 4.78 is 12.9. The molecular weight excluding hydrogens is 280 g/mol. The minimum atomic E-state index is -1.37.